The van der Waals surface area contributed by atoms with Gasteiger partial charge in [-0.1, -0.05) is 24.3 Å². The minimum Gasteiger partial charge on any atom is -0.393 e. The molecule has 0 bridgehead atoms. The first-order valence-electron chi connectivity index (χ1n) is 10.5. The van der Waals surface area contributed by atoms with E-state index < -0.39 is 10.0 Å². The number of hydrogen-bond acceptors (Lipinski definition) is 7. The van der Waals surface area contributed by atoms with Crippen LogP contribution in [0.1, 0.15) is 16.7 Å². The molecular weight excluding hydrogens is 450 g/mol. The van der Waals surface area contributed by atoms with Crippen molar-refractivity contribution in [3.63, 3.8) is 0 Å². The first-order chi connectivity index (χ1) is 16.4. The van der Waals surface area contributed by atoms with Crippen molar-refractivity contribution in [3.8, 4) is 0 Å². The van der Waals surface area contributed by atoms with Gasteiger partial charge in [0.05, 0.1) is 11.3 Å². The van der Waals surface area contributed by atoms with Crippen molar-refractivity contribution >= 4 is 43.5 Å². The summed E-state index contributed by atoms with van der Waals surface area (Å²) in [6.45, 7) is 0.139. The molecule has 0 saturated heterocycles. The topological polar surface area (TPSA) is 125 Å². The Morgan fingerprint density at radius 3 is 2.62 bits per heavy atom. The normalized spacial score (nSPS) is 12.1. The van der Waals surface area contributed by atoms with Crippen LogP contribution in [0.25, 0.3) is 27.2 Å². The Morgan fingerprint density at radius 1 is 1.06 bits per heavy atom. The zero-order chi connectivity index (χ0) is 24.1. The molecule has 9 heteroatoms. The summed E-state index contributed by atoms with van der Waals surface area (Å²) in [4.78, 5) is 21.8. The van der Waals surface area contributed by atoms with Crippen molar-refractivity contribution in [3.05, 3.63) is 100 Å². The van der Waals surface area contributed by atoms with Crippen LogP contribution in [0.5, 0.6) is 0 Å². The lowest BCUT2D eigenvalue weighted by Gasteiger charge is -2.07. The number of hydrogen-bond donors (Lipinski definition) is 3. The van der Waals surface area contributed by atoms with Gasteiger partial charge in [0.25, 0.3) is 0 Å². The lowest BCUT2D eigenvalue weighted by molar-refractivity contribution is 0.580. The second-order valence-electron chi connectivity index (χ2n) is 7.72. The van der Waals surface area contributed by atoms with Gasteiger partial charge >= 0.3 is 0 Å². The van der Waals surface area contributed by atoms with E-state index in [0.717, 1.165) is 5.56 Å². The Morgan fingerprint density at radius 2 is 1.88 bits per heavy atom. The molecule has 0 unspecified atom stereocenters. The molecule has 2 aromatic carbocycles. The molecule has 4 aromatic rings. The van der Waals surface area contributed by atoms with Crippen LogP contribution in [0.3, 0.4) is 0 Å². The highest BCUT2D eigenvalue weighted by Crippen LogP contribution is 2.20. The summed E-state index contributed by atoms with van der Waals surface area (Å²) in [6, 6.07) is 13.9. The number of nitrogens with zero attached hydrogens (tertiary/aromatic N) is 2. The molecule has 0 radical (unpaired) electrons. The van der Waals surface area contributed by atoms with Crippen LogP contribution in [0, 0.1) is 5.41 Å². The van der Waals surface area contributed by atoms with Crippen LogP contribution in [-0.4, -0.2) is 31.6 Å². The third kappa shape index (κ3) is 5.16. The van der Waals surface area contributed by atoms with E-state index in [9.17, 15) is 13.2 Å². The molecule has 0 saturated carbocycles. The molecule has 2 aromatic heterocycles. The summed E-state index contributed by atoms with van der Waals surface area (Å²) >= 11 is 0. The first-order valence-corrected chi connectivity index (χ1v) is 12.2. The molecule has 0 atom stereocenters. The fourth-order valence-corrected chi connectivity index (χ4v) is 4.73. The summed E-state index contributed by atoms with van der Waals surface area (Å²) in [5.74, 6) is -0.258. The van der Waals surface area contributed by atoms with Gasteiger partial charge in [-0.05, 0) is 40.8 Å². The molecule has 0 fully saturated rings. The predicted molar refractivity (Wildman–Crippen MR) is 135 cm³/mol. The van der Waals surface area contributed by atoms with E-state index in [4.69, 9.17) is 5.41 Å². The summed E-state index contributed by atoms with van der Waals surface area (Å²) in [5.41, 5.74) is 2.74. The Balaban J connectivity index is 1.72. The van der Waals surface area contributed by atoms with Crippen molar-refractivity contribution in [1.29, 1.82) is 5.41 Å². The highest BCUT2D eigenvalue weighted by atomic mass is 32.2. The van der Waals surface area contributed by atoms with Crippen molar-refractivity contribution in [2.45, 2.75) is 12.3 Å². The van der Waals surface area contributed by atoms with Gasteiger partial charge in [0.15, 0.2) is 5.43 Å². The Labute approximate surface area is 197 Å². The maximum Gasteiger partial charge on any atom is 0.216 e. The standard InChI is InChI=1S/C25H23N5O3S/c1-27-14-21(11-26)20-10-23-24(29-15-20)7-6-19-5-4-17(9-22(19)25(23)31)16-34(32,33)30-13-18-3-2-8-28-12-18/h2-12,14-15,26-27,30H,13,16H2,1H3/b21-14+,26-11?. The van der Waals surface area contributed by atoms with Gasteiger partial charge in [0.2, 0.25) is 10.0 Å². The molecule has 0 spiro atoms. The Bertz CT molecular complexity index is 1570. The van der Waals surface area contributed by atoms with Crippen LogP contribution in [-0.2, 0) is 22.3 Å². The monoisotopic (exact) mass is 473 g/mol. The minimum atomic E-state index is -3.63. The summed E-state index contributed by atoms with van der Waals surface area (Å²) in [6.07, 6.45) is 7.69. The van der Waals surface area contributed by atoms with Crippen LogP contribution in [0.4, 0.5) is 0 Å². The van der Waals surface area contributed by atoms with E-state index in [2.05, 4.69) is 20.0 Å². The summed E-state index contributed by atoms with van der Waals surface area (Å²) in [5, 5.41) is 12.0. The predicted octanol–water partition coefficient (Wildman–Crippen LogP) is 2.97. The van der Waals surface area contributed by atoms with Gasteiger partial charge in [-0.2, -0.15) is 0 Å². The second kappa shape index (κ2) is 9.90. The Kier molecular flexibility index (Phi) is 6.76. The highest BCUT2D eigenvalue weighted by Gasteiger charge is 2.13. The van der Waals surface area contributed by atoms with Gasteiger partial charge in [0, 0.05) is 66.5 Å². The van der Waals surface area contributed by atoms with Gasteiger partial charge in [-0.3, -0.25) is 14.8 Å². The third-order valence-electron chi connectivity index (χ3n) is 5.31. The SMILES string of the molecule is CN/C=C(\C=N)c1cnc2ccc3ccc(CS(=O)(=O)NCc4cccnc4)cc3c(=O)c2c1. The molecule has 0 aliphatic carbocycles. The van der Waals surface area contributed by atoms with Crippen LogP contribution >= 0.6 is 0 Å². The average Bonchev–Trinajstić information content (AvgIpc) is 2.98. The molecule has 4 rings (SSSR count). The number of pyridine rings is 2. The van der Waals surface area contributed by atoms with E-state index in [0.29, 0.717) is 38.4 Å². The maximum atomic E-state index is 13.4. The average molecular weight is 474 g/mol. The molecular formula is C25H23N5O3S. The van der Waals surface area contributed by atoms with Gasteiger partial charge < -0.3 is 10.7 Å². The number of aromatic nitrogens is 2. The summed E-state index contributed by atoms with van der Waals surface area (Å²) in [7, 11) is -1.91. The molecule has 0 amide bonds. The number of benzene rings is 1. The van der Waals surface area contributed by atoms with Crippen molar-refractivity contribution in [2.75, 3.05) is 7.05 Å². The van der Waals surface area contributed by atoms with Crippen LogP contribution < -0.4 is 15.5 Å². The van der Waals surface area contributed by atoms with E-state index >= 15 is 0 Å². The van der Waals surface area contributed by atoms with Crippen LogP contribution in [0.2, 0.25) is 0 Å². The smallest absolute Gasteiger partial charge is 0.216 e. The maximum absolute atomic E-state index is 13.4. The fraction of sp³-hybridized carbons (Fsp3) is 0.120. The van der Waals surface area contributed by atoms with E-state index in [1.54, 1.807) is 80.4 Å². The summed E-state index contributed by atoms with van der Waals surface area (Å²) < 4.78 is 27.8. The fourth-order valence-electron chi connectivity index (χ4n) is 3.63. The van der Waals surface area contributed by atoms with Gasteiger partial charge in [0.1, 0.15) is 0 Å². The lowest BCUT2D eigenvalue weighted by atomic mass is 10.1. The zero-order valence-electron chi connectivity index (χ0n) is 18.4. The van der Waals surface area contributed by atoms with E-state index in [1.807, 2.05) is 0 Å². The third-order valence-corrected chi connectivity index (χ3v) is 6.61. The molecule has 0 aliphatic heterocycles. The Hall–Kier alpha value is -3.95. The quantitative estimate of drug-likeness (QED) is 0.338. The second-order valence-corrected chi connectivity index (χ2v) is 9.52. The van der Waals surface area contributed by atoms with Crippen molar-refractivity contribution in [1.82, 2.24) is 20.0 Å². The molecule has 3 N–H and O–H groups in total. The molecule has 172 valence electrons. The molecule has 34 heavy (non-hydrogen) atoms. The van der Waals surface area contributed by atoms with Gasteiger partial charge in [-0.15, -0.1) is 0 Å². The van der Waals surface area contributed by atoms with E-state index in [-0.39, 0.29) is 17.7 Å². The largest absolute Gasteiger partial charge is 0.393 e. The van der Waals surface area contributed by atoms with Crippen molar-refractivity contribution in [2.24, 2.45) is 0 Å². The number of fused-ring (bicyclic) bond motifs is 2. The van der Waals surface area contributed by atoms with Gasteiger partial charge in [-0.25, -0.2) is 13.1 Å². The molecule has 0 aliphatic rings. The molecule has 2 heterocycles. The zero-order valence-corrected chi connectivity index (χ0v) is 19.3. The first kappa shape index (κ1) is 23.2. The number of sulfonamides is 1. The molecule has 8 nitrogen and oxygen atoms in total. The number of nitrogens with one attached hydrogen (secondary N) is 3. The number of allylic oxidation sites excluding steroid dienone is 1. The highest BCUT2D eigenvalue weighted by molar-refractivity contribution is 7.88. The van der Waals surface area contributed by atoms with Crippen molar-refractivity contribution < 1.29 is 8.42 Å². The number of rotatable bonds is 8. The van der Waals surface area contributed by atoms with Crippen LogP contribution in [0.15, 0.2) is 78.1 Å². The van der Waals surface area contributed by atoms with E-state index in [1.165, 1.54) is 6.21 Å². The lowest BCUT2D eigenvalue weighted by Crippen LogP contribution is -2.24. The minimum absolute atomic E-state index is 0.139.